The second-order valence-corrected chi connectivity index (χ2v) is 9.10. The molecule has 11 heteroatoms. The molecule has 1 aromatic rings. The molecule has 0 saturated heterocycles. The molecule has 0 bridgehead atoms. The van der Waals surface area contributed by atoms with E-state index in [-0.39, 0.29) is 23.9 Å². The van der Waals surface area contributed by atoms with Crippen molar-refractivity contribution in [2.45, 2.75) is 13.0 Å². The quantitative estimate of drug-likeness (QED) is 0.385. The van der Waals surface area contributed by atoms with Crippen molar-refractivity contribution in [3.8, 4) is 0 Å². The van der Waals surface area contributed by atoms with Crippen molar-refractivity contribution in [2.75, 3.05) is 39.2 Å². The number of anilines is 1. The molecule has 3 amide bonds. The van der Waals surface area contributed by atoms with E-state index in [1.807, 2.05) is 67.8 Å². The summed E-state index contributed by atoms with van der Waals surface area (Å²) in [5.41, 5.74) is 1.05. The highest BCUT2D eigenvalue weighted by Crippen LogP contribution is 2.38. The Hall–Kier alpha value is -0.260. The van der Waals surface area contributed by atoms with Crippen molar-refractivity contribution in [1.82, 2.24) is 10.2 Å². The van der Waals surface area contributed by atoms with Gasteiger partial charge in [0.2, 0.25) is 5.91 Å². The monoisotopic (exact) mass is 715 g/mol. The van der Waals surface area contributed by atoms with E-state index in [1.165, 1.54) is 16.7 Å². The average molecular weight is 715 g/mol. The minimum atomic E-state index is -1.09. The maximum atomic E-state index is 12.8. The number of hydrogen-bond donors (Lipinski definition) is 3. The SMILES string of the molecule is CC(=O)N(C)c1c(I)c(C(=O)NCC(O)CO)c(I)c(C(=O)N(C)C)c1I. The highest BCUT2D eigenvalue weighted by molar-refractivity contribution is 14.1. The Balaban J connectivity index is 3.69. The lowest BCUT2D eigenvalue weighted by Crippen LogP contribution is -2.36. The number of amides is 3. The molecule has 3 N–H and O–H groups in total. The number of carbonyl (C=O) groups is 3. The van der Waals surface area contributed by atoms with Gasteiger partial charge in [-0.15, -0.1) is 0 Å². The molecule has 1 unspecified atom stereocenters. The van der Waals surface area contributed by atoms with Gasteiger partial charge in [-0.1, -0.05) is 0 Å². The zero-order chi connectivity index (χ0) is 21.0. The number of carbonyl (C=O) groups excluding carboxylic acids is 3. The minimum absolute atomic E-state index is 0.137. The molecule has 0 fully saturated rings. The van der Waals surface area contributed by atoms with Crippen molar-refractivity contribution < 1.29 is 24.6 Å². The third kappa shape index (κ3) is 5.63. The van der Waals surface area contributed by atoms with Crippen LogP contribution in [0.4, 0.5) is 5.69 Å². The first kappa shape index (κ1) is 24.8. The molecule has 0 aliphatic rings. The van der Waals surface area contributed by atoms with E-state index in [4.69, 9.17) is 5.11 Å². The molecule has 0 aliphatic carbocycles. The lowest BCUT2D eigenvalue weighted by molar-refractivity contribution is -0.116. The van der Waals surface area contributed by atoms with E-state index in [2.05, 4.69) is 5.32 Å². The topological polar surface area (TPSA) is 110 Å². The second kappa shape index (κ2) is 10.5. The molecular weight excluding hydrogens is 695 g/mol. The summed E-state index contributed by atoms with van der Waals surface area (Å²) < 4.78 is 1.55. The van der Waals surface area contributed by atoms with E-state index in [0.29, 0.717) is 22.0 Å². The van der Waals surface area contributed by atoms with Crippen molar-refractivity contribution in [3.05, 3.63) is 21.8 Å². The van der Waals surface area contributed by atoms with Gasteiger partial charge in [0.25, 0.3) is 11.8 Å². The normalized spacial score (nSPS) is 11.7. The van der Waals surface area contributed by atoms with Crippen LogP contribution in [0.2, 0.25) is 0 Å². The molecule has 0 saturated carbocycles. The molecule has 8 nitrogen and oxygen atoms in total. The van der Waals surface area contributed by atoms with E-state index in [0.717, 1.165) is 0 Å². The zero-order valence-electron chi connectivity index (χ0n) is 15.1. The van der Waals surface area contributed by atoms with Crippen LogP contribution < -0.4 is 10.2 Å². The number of aliphatic hydroxyl groups is 2. The summed E-state index contributed by atoms with van der Waals surface area (Å²) in [6, 6.07) is 0. The maximum Gasteiger partial charge on any atom is 0.255 e. The van der Waals surface area contributed by atoms with Crippen LogP contribution >= 0.6 is 67.8 Å². The van der Waals surface area contributed by atoms with Gasteiger partial charge in [0, 0.05) is 38.2 Å². The summed E-state index contributed by atoms with van der Waals surface area (Å²) >= 11 is 5.94. The predicted octanol–water partition coefficient (Wildman–Crippen LogP) is 1.27. The molecule has 1 rings (SSSR count). The van der Waals surface area contributed by atoms with Gasteiger partial charge in [0.1, 0.15) is 0 Å². The summed E-state index contributed by atoms with van der Waals surface area (Å²) in [5, 5.41) is 21.0. The third-order valence-corrected chi connectivity index (χ3v) is 6.84. The van der Waals surface area contributed by atoms with Gasteiger partial charge < -0.3 is 25.3 Å². The first-order valence-electron chi connectivity index (χ1n) is 7.69. The van der Waals surface area contributed by atoms with Crippen LogP contribution in [0.3, 0.4) is 0 Å². The fraction of sp³-hybridized carbons (Fsp3) is 0.438. The summed E-state index contributed by atoms with van der Waals surface area (Å²) in [5.74, 6) is -1.03. The molecule has 0 aliphatic heterocycles. The van der Waals surface area contributed by atoms with Gasteiger partial charge in [0.05, 0.1) is 36.7 Å². The van der Waals surface area contributed by atoms with Crippen LogP contribution in [-0.4, -0.2) is 73.2 Å². The predicted molar refractivity (Wildman–Crippen MR) is 127 cm³/mol. The highest BCUT2D eigenvalue weighted by atomic mass is 127. The Morgan fingerprint density at radius 1 is 1.04 bits per heavy atom. The fourth-order valence-electron chi connectivity index (χ4n) is 2.08. The summed E-state index contributed by atoms with van der Waals surface area (Å²) in [6.45, 7) is 0.779. The molecule has 0 spiro atoms. The molecular formula is C16H20I3N3O5. The second-order valence-electron chi connectivity index (χ2n) is 5.86. The van der Waals surface area contributed by atoms with E-state index in [9.17, 15) is 19.5 Å². The largest absolute Gasteiger partial charge is 0.394 e. The van der Waals surface area contributed by atoms with Crippen molar-refractivity contribution in [2.24, 2.45) is 0 Å². The number of halogens is 3. The Morgan fingerprint density at radius 3 is 2.00 bits per heavy atom. The molecule has 150 valence electrons. The Morgan fingerprint density at radius 2 is 1.56 bits per heavy atom. The van der Waals surface area contributed by atoms with Crippen molar-refractivity contribution >= 4 is 91.2 Å². The van der Waals surface area contributed by atoms with E-state index >= 15 is 0 Å². The number of aliphatic hydroxyl groups excluding tert-OH is 2. The van der Waals surface area contributed by atoms with E-state index < -0.39 is 18.6 Å². The van der Waals surface area contributed by atoms with Crippen LogP contribution in [-0.2, 0) is 4.79 Å². The van der Waals surface area contributed by atoms with Crippen LogP contribution in [0.5, 0.6) is 0 Å². The van der Waals surface area contributed by atoms with Crippen LogP contribution in [0.15, 0.2) is 0 Å². The molecule has 27 heavy (non-hydrogen) atoms. The van der Waals surface area contributed by atoms with Gasteiger partial charge in [-0.05, 0) is 67.8 Å². The number of rotatable bonds is 6. The van der Waals surface area contributed by atoms with E-state index in [1.54, 1.807) is 21.1 Å². The zero-order valence-corrected chi connectivity index (χ0v) is 21.6. The smallest absolute Gasteiger partial charge is 0.255 e. The van der Waals surface area contributed by atoms with Gasteiger partial charge in [-0.25, -0.2) is 0 Å². The summed E-state index contributed by atoms with van der Waals surface area (Å²) in [7, 11) is 4.80. The van der Waals surface area contributed by atoms with Gasteiger partial charge in [-0.3, -0.25) is 14.4 Å². The average Bonchev–Trinajstić information content (AvgIpc) is 2.58. The van der Waals surface area contributed by atoms with Gasteiger partial charge >= 0.3 is 0 Å². The van der Waals surface area contributed by atoms with Gasteiger partial charge in [0.15, 0.2) is 0 Å². The summed E-state index contributed by atoms with van der Waals surface area (Å²) in [4.78, 5) is 40.2. The van der Waals surface area contributed by atoms with Crippen LogP contribution in [0.25, 0.3) is 0 Å². The number of nitrogens with one attached hydrogen (secondary N) is 1. The lowest BCUT2D eigenvalue weighted by Gasteiger charge is -2.25. The Bertz CT molecular complexity index is 770. The fourth-order valence-corrected chi connectivity index (χ4v) is 6.92. The van der Waals surface area contributed by atoms with Crippen molar-refractivity contribution in [1.29, 1.82) is 0 Å². The molecule has 0 aromatic heterocycles. The minimum Gasteiger partial charge on any atom is -0.394 e. The standard InChI is InChI=1S/C16H20I3N3O5/c1-7(24)22(4)14-12(18)9(15(26)20-5-8(25)6-23)11(17)10(13(14)19)16(27)21(2)3/h8,23,25H,5-6H2,1-4H3,(H,20,26). The highest BCUT2D eigenvalue weighted by Gasteiger charge is 2.30. The molecule has 1 atom stereocenters. The van der Waals surface area contributed by atoms with Crippen LogP contribution in [0.1, 0.15) is 27.6 Å². The lowest BCUT2D eigenvalue weighted by atomic mass is 10.1. The first-order valence-corrected chi connectivity index (χ1v) is 10.9. The van der Waals surface area contributed by atoms with Gasteiger partial charge in [-0.2, -0.15) is 0 Å². The summed E-state index contributed by atoms with van der Waals surface area (Å²) in [6.07, 6.45) is -1.09. The third-order valence-electron chi connectivity index (χ3n) is 3.66. The number of hydrogen-bond acceptors (Lipinski definition) is 5. The number of benzene rings is 1. The van der Waals surface area contributed by atoms with Crippen molar-refractivity contribution in [3.63, 3.8) is 0 Å². The molecule has 1 aromatic carbocycles. The maximum absolute atomic E-state index is 12.8. The molecule has 0 radical (unpaired) electrons. The Labute approximate surface area is 198 Å². The molecule has 0 heterocycles. The Kier molecular flexibility index (Phi) is 9.63. The first-order chi connectivity index (χ1) is 12.4. The van der Waals surface area contributed by atoms with Crippen LogP contribution in [0, 0.1) is 10.7 Å². The number of nitrogens with zero attached hydrogens (tertiary/aromatic N) is 2.